The van der Waals surface area contributed by atoms with E-state index in [1.54, 1.807) is 48.5 Å². The fraction of sp³-hybridized carbons (Fsp3) is 0.0500. The van der Waals surface area contributed by atoms with Gasteiger partial charge in [0.15, 0.2) is 0 Å². The summed E-state index contributed by atoms with van der Waals surface area (Å²) in [5.41, 5.74) is 1.01. The van der Waals surface area contributed by atoms with E-state index in [9.17, 15) is 17.6 Å². The van der Waals surface area contributed by atoms with Crippen LogP contribution >= 0.6 is 11.7 Å². The number of carbonyl (C=O) groups is 1. The van der Waals surface area contributed by atoms with Crippen molar-refractivity contribution in [1.82, 2.24) is 13.5 Å². The number of para-hydroxylation sites is 1. The number of hydrogen-bond donors (Lipinski definition) is 2. The Morgan fingerprint density at radius 2 is 1.67 bits per heavy atom. The highest BCUT2D eigenvalue weighted by Crippen LogP contribution is 2.25. The number of carbonyl (C=O) groups excluding carboxylic acids is 1. The minimum Gasteiger partial charge on any atom is -0.322 e. The van der Waals surface area contributed by atoms with Gasteiger partial charge in [-0.1, -0.05) is 48.5 Å². The van der Waals surface area contributed by atoms with Crippen LogP contribution in [0, 0.1) is 5.82 Å². The fourth-order valence-electron chi connectivity index (χ4n) is 2.90. The first-order valence-electron chi connectivity index (χ1n) is 8.80. The lowest BCUT2D eigenvalue weighted by Crippen LogP contribution is -2.37. The minimum atomic E-state index is -4.15. The SMILES string of the molecule is O=C(Nc1ccccc1F)[C@H](NS(=O)(=O)c1cccc2nsnc12)c1ccccc1. The number of aromatic nitrogens is 2. The number of benzene rings is 3. The van der Waals surface area contributed by atoms with Gasteiger partial charge in [0.2, 0.25) is 15.9 Å². The lowest BCUT2D eigenvalue weighted by Gasteiger charge is -2.19. The number of fused-ring (bicyclic) bond motifs is 1. The maximum Gasteiger partial charge on any atom is 0.247 e. The zero-order valence-corrected chi connectivity index (χ0v) is 17.0. The summed E-state index contributed by atoms with van der Waals surface area (Å²) in [6, 6.07) is 17.3. The van der Waals surface area contributed by atoms with Crippen molar-refractivity contribution in [2.45, 2.75) is 10.9 Å². The number of rotatable bonds is 6. The zero-order chi connectivity index (χ0) is 21.1. The number of halogens is 1. The maximum absolute atomic E-state index is 14.0. The molecule has 1 amide bonds. The molecule has 152 valence electrons. The van der Waals surface area contributed by atoms with Crippen LogP contribution in [0.15, 0.2) is 77.7 Å². The van der Waals surface area contributed by atoms with E-state index < -0.39 is 27.8 Å². The van der Waals surface area contributed by atoms with Crippen LogP contribution in [0.25, 0.3) is 11.0 Å². The zero-order valence-electron chi connectivity index (χ0n) is 15.3. The van der Waals surface area contributed by atoms with Gasteiger partial charge in [0.1, 0.15) is 27.8 Å². The molecule has 0 spiro atoms. The highest BCUT2D eigenvalue weighted by molar-refractivity contribution is 7.89. The summed E-state index contributed by atoms with van der Waals surface area (Å²) in [5, 5.41) is 2.45. The van der Waals surface area contributed by atoms with E-state index in [0.29, 0.717) is 11.1 Å². The molecule has 2 N–H and O–H groups in total. The quantitative estimate of drug-likeness (QED) is 0.476. The van der Waals surface area contributed by atoms with Gasteiger partial charge in [-0.3, -0.25) is 4.79 Å². The fourth-order valence-corrected chi connectivity index (χ4v) is 4.85. The summed E-state index contributed by atoms with van der Waals surface area (Å²) in [7, 11) is -4.15. The molecule has 0 saturated carbocycles. The molecule has 0 saturated heterocycles. The summed E-state index contributed by atoms with van der Waals surface area (Å²) in [6.07, 6.45) is 0. The van der Waals surface area contributed by atoms with Crippen molar-refractivity contribution in [3.8, 4) is 0 Å². The van der Waals surface area contributed by atoms with Crippen molar-refractivity contribution in [3.63, 3.8) is 0 Å². The Bertz CT molecular complexity index is 1310. The first-order chi connectivity index (χ1) is 14.5. The van der Waals surface area contributed by atoms with E-state index in [-0.39, 0.29) is 16.1 Å². The molecule has 4 rings (SSSR count). The van der Waals surface area contributed by atoms with Gasteiger partial charge >= 0.3 is 0 Å². The molecule has 7 nitrogen and oxygen atoms in total. The van der Waals surface area contributed by atoms with Crippen LogP contribution in [-0.2, 0) is 14.8 Å². The van der Waals surface area contributed by atoms with Gasteiger partial charge in [-0.15, -0.1) is 0 Å². The number of amides is 1. The standard InChI is InChI=1S/C20H15FN4O3S2/c21-14-9-4-5-10-15(14)22-20(26)18(13-7-2-1-3-8-13)25-30(27,28)17-12-6-11-16-19(17)24-29-23-16/h1-12,18,25H,(H,22,26)/t18-/m1/s1. The van der Waals surface area contributed by atoms with Gasteiger partial charge in [-0.05, 0) is 29.8 Å². The second-order valence-electron chi connectivity index (χ2n) is 6.32. The summed E-state index contributed by atoms with van der Waals surface area (Å²) >= 11 is 0.895. The summed E-state index contributed by atoms with van der Waals surface area (Å²) in [6.45, 7) is 0. The molecule has 0 radical (unpaired) electrons. The van der Waals surface area contributed by atoms with Crippen molar-refractivity contribution in [2.24, 2.45) is 0 Å². The topological polar surface area (TPSA) is 101 Å². The third-order valence-corrected chi connectivity index (χ3v) is 6.34. The summed E-state index contributed by atoms with van der Waals surface area (Å²) in [4.78, 5) is 12.9. The van der Waals surface area contributed by atoms with Gasteiger partial charge in [0, 0.05) is 0 Å². The molecule has 0 aliphatic carbocycles. The van der Waals surface area contributed by atoms with Gasteiger partial charge in [-0.2, -0.15) is 13.5 Å². The van der Waals surface area contributed by atoms with E-state index in [1.807, 2.05) is 0 Å². The van der Waals surface area contributed by atoms with Gasteiger partial charge < -0.3 is 5.32 Å². The number of sulfonamides is 1. The number of nitrogens with one attached hydrogen (secondary N) is 2. The number of anilines is 1. The Labute approximate surface area is 176 Å². The van der Waals surface area contributed by atoms with Gasteiger partial charge in [0.05, 0.1) is 17.4 Å². The molecule has 1 atom stereocenters. The van der Waals surface area contributed by atoms with Crippen LogP contribution in [0.4, 0.5) is 10.1 Å². The second-order valence-corrected chi connectivity index (χ2v) is 8.53. The van der Waals surface area contributed by atoms with E-state index in [2.05, 4.69) is 18.8 Å². The van der Waals surface area contributed by atoms with Gasteiger partial charge in [-0.25, -0.2) is 12.8 Å². The summed E-state index contributed by atoms with van der Waals surface area (Å²) in [5.74, 6) is -1.35. The molecule has 30 heavy (non-hydrogen) atoms. The molecule has 0 fully saturated rings. The monoisotopic (exact) mass is 442 g/mol. The number of hydrogen-bond acceptors (Lipinski definition) is 6. The van der Waals surface area contributed by atoms with Crippen LogP contribution in [0.1, 0.15) is 11.6 Å². The Kier molecular flexibility index (Phi) is 5.53. The normalized spacial score (nSPS) is 12.6. The Morgan fingerprint density at radius 3 is 2.43 bits per heavy atom. The molecule has 3 aromatic carbocycles. The molecule has 1 heterocycles. The lowest BCUT2D eigenvalue weighted by atomic mass is 10.1. The third-order valence-electron chi connectivity index (χ3n) is 4.34. The largest absolute Gasteiger partial charge is 0.322 e. The van der Waals surface area contributed by atoms with Crippen molar-refractivity contribution in [2.75, 3.05) is 5.32 Å². The van der Waals surface area contributed by atoms with Crippen LogP contribution in [0.5, 0.6) is 0 Å². The first-order valence-corrected chi connectivity index (χ1v) is 11.0. The van der Waals surface area contributed by atoms with Crippen molar-refractivity contribution in [3.05, 3.63) is 84.2 Å². The minimum absolute atomic E-state index is 0.0477. The molecule has 0 unspecified atom stereocenters. The lowest BCUT2D eigenvalue weighted by molar-refractivity contribution is -0.117. The van der Waals surface area contributed by atoms with Gasteiger partial charge in [0.25, 0.3) is 0 Å². The molecule has 0 aliphatic heterocycles. The summed E-state index contributed by atoms with van der Waals surface area (Å²) < 4.78 is 50.8. The van der Waals surface area contributed by atoms with Crippen molar-refractivity contribution >= 4 is 44.4 Å². The van der Waals surface area contributed by atoms with Crippen LogP contribution in [0.3, 0.4) is 0 Å². The third kappa shape index (κ3) is 4.06. The highest BCUT2D eigenvalue weighted by Gasteiger charge is 2.29. The Balaban J connectivity index is 1.71. The van der Waals surface area contributed by atoms with E-state index in [1.165, 1.54) is 24.3 Å². The van der Waals surface area contributed by atoms with Crippen LogP contribution < -0.4 is 10.0 Å². The maximum atomic E-state index is 14.0. The average Bonchev–Trinajstić information content (AvgIpc) is 3.23. The smallest absolute Gasteiger partial charge is 0.247 e. The van der Waals surface area contributed by atoms with Crippen LogP contribution in [-0.4, -0.2) is 23.1 Å². The molecular weight excluding hydrogens is 427 g/mol. The predicted octanol–water partition coefficient (Wildman–Crippen LogP) is 3.49. The molecule has 0 aliphatic rings. The van der Waals surface area contributed by atoms with Crippen LogP contribution in [0.2, 0.25) is 0 Å². The molecule has 0 bridgehead atoms. The Hall–Kier alpha value is -3.21. The molecular formula is C20H15FN4O3S2. The molecule has 10 heteroatoms. The molecule has 1 aromatic heterocycles. The van der Waals surface area contributed by atoms with E-state index in [4.69, 9.17) is 0 Å². The van der Waals surface area contributed by atoms with Crippen molar-refractivity contribution < 1.29 is 17.6 Å². The van der Waals surface area contributed by atoms with E-state index in [0.717, 1.165) is 11.7 Å². The second kappa shape index (κ2) is 8.27. The Morgan fingerprint density at radius 1 is 0.933 bits per heavy atom. The number of nitrogens with zero attached hydrogens (tertiary/aromatic N) is 2. The first kappa shape index (κ1) is 20.1. The van der Waals surface area contributed by atoms with E-state index >= 15 is 0 Å². The van der Waals surface area contributed by atoms with Crippen molar-refractivity contribution in [1.29, 1.82) is 0 Å². The highest BCUT2D eigenvalue weighted by atomic mass is 32.2. The average molecular weight is 442 g/mol. The predicted molar refractivity (Wildman–Crippen MR) is 112 cm³/mol. The molecule has 4 aromatic rings.